The summed E-state index contributed by atoms with van der Waals surface area (Å²) in [4.78, 5) is 0. The maximum atomic E-state index is 5.87. The highest BCUT2D eigenvalue weighted by atomic mass is 16.7. The van der Waals surface area contributed by atoms with Gasteiger partial charge in [0.15, 0.2) is 6.29 Å². The van der Waals surface area contributed by atoms with Gasteiger partial charge in [0.2, 0.25) is 0 Å². The molecule has 0 saturated heterocycles. The van der Waals surface area contributed by atoms with Gasteiger partial charge in [-0.05, 0) is 38.0 Å². The molecule has 2 nitrogen and oxygen atoms in total. The van der Waals surface area contributed by atoms with Crippen molar-refractivity contribution in [3.63, 3.8) is 0 Å². The molecular formula is C13H24O2. The van der Waals surface area contributed by atoms with Gasteiger partial charge in [-0.2, -0.15) is 0 Å². The second-order valence-electron chi connectivity index (χ2n) is 5.18. The minimum atomic E-state index is -0.0323. The molecule has 2 heteroatoms. The summed E-state index contributed by atoms with van der Waals surface area (Å²) in [7, 11) is 1.72. The lowest BCUT2D eigenvalue weighted by Crippen LogP contribution is -2.33. The third-order valence-electron chi connectivity index (χ3n) is 4.21. The van der Waals surface area contributed by atoms with Crippen LogP contribution in [0, 0.1) is 11.8 Å². The minimum Gasteiger partial charge on any atom is -0.356 e. The molecule has 2 aliphatic rings. The van der Waals surface area contributed by atoms with Crippen LogP contribution < -0.4 is 0 Å². The van der Waals surface area contributed by atoms with Gasteiger partial charge in [0.25, 0.3) is 0 Å². The predicted molar refractivity (Wildman–Crippen MR) is 60.6 cm³/mol. The largest absolute Gasteiger partial charge is 0.356 e. The van der Waals surface area contributed by atoms with Gasteiger partial charge in [-0.15, -0.1) is 0 Å². The first-order valence-corrected chi connectivity index (χ1v) is 6.48. The lowest BCUT2D eigenvalue weighted by atomic mass is 9.70. The van der Waals surface area contributed by atoms with Crippen LogP contribution in [-0.4, -0.2) is 19.5 Å². The summed E-state index contributed by atoms with van der Waals surface area (Å²) in [6, 6.07) is 0. The van der Waals surface area contributed by atoms with E-state index in [1.807, 2.05) is 6.92 Å². The van der Waals surface area contributed by atoms with Crippen molar-refractivity contribution in [1.29, 1.82) is 0 Å². The lowest BCUT2D eigenvalue weighted by molar-refractivity contribution is -0.160. The quantitative estimate of drug-likeness (QED) is 0.668. The molecule has 0 aromatic carbocycles. The second kappa shape index (κ2) is 5.31. The lowest BCUT2D eigenvalue weighted by Gasteiger charge is -2.39. The molecular weight excluding hydrogens is 188 g/mol. The maximum Gasteiger partial charge on any atom is 0.154 e. The van der Waals surface area contributed by atoms with E-state index in [0.29, 0.717) is 6.10 Å². The van der Waals surface area contributed by atoms with E-state index in [0.717, 1.165) is 11.8 Å². The zero-order valence-electron chi connectivity index (χ0n) is 10.1. The molecule has 0 radical (unpaired) electrons. The highest BCUT2D eigenvalue weighted by molar-refractivity contribution is 4.83. The summed E-state index contributed by atoms with van der Waals surface area (Å²) >= 11 is 0. The number of methoxy groups -OCH3 is 1. The van der Waals surface area contributed by atoms with Crippen LogP contribution in [-0.2, 0) is 9.47 Å². The van der Waals surface area contributed by atoms with E-state index >= 15 is 0 Å². The molecule has 88 valence electrons. The first-order chi connectivity index (χ1) is 7.29. The molecule has 0 aromatic rings. The Hall–Kier alpha value is -0.0800. The number of hydrogen-bond donors (Lipinski definition) is 0. The number of rotatable bonds is 3. The molecule has 4 atom stereocenters. The highest BCUT2D eigenvalue weighted by Gasteiger charge is 2.32. The number of fused-ring (bicyclic) bond motifs is 1. The predicted octanol–water partition coefficient (Wildman–Crippen LogP) is 3.35. The first kappa shape index (κ1) is 11.4. The van der Waals surface area contributed by atoms with Crippen LogP contribution >= 0.6 is 0 Å². The van der Waals surface area contributed by atoms with Gasteiger partial charge in [-0.1, -0.05) is 25.7 Å². The second-order valence-corrected chi connectivity index (χ2v) is 5.18. The summed E-state index contributed by atoms with van der Waals surface area (Å²) in [6.45, 7) is 1.99. The van der Waals surface area contributed by atoms with E-state index in [2.05, 4.69) is 0 Å². The fraction of sp³-hybridized carbons (Fsp3) is 1.00. The van der Waals surface area contributed by atoms with Crippen molar-refractivity contribution in [3.05, 3.63) is 0 Å². The third kappa shape index (κ3) is 2.94. The smallest absolute Gasteiger partial charge is 0.154 e. The topological polar surface area (TPSA) is 18.5 Å². The van der Waals surface area contributed by atoms with Gasteiger partial charge in [0.05, 0.1) is 6.10 Å². The van der Waals surface area contributed by atoms with Crippen molar-refractivity contribution in [2.45, 2.75) is 64.3 Å². The van der Waals surface area contributed by atoms with Gasteiger partial charge in [0, 0.05) is 7.11 Å². The van der Waals surface area contributed by atoms with Crippen molar-refractivity contribution >= 4 is 0 Å². The number of hydrogen-bond acceptors (Lipinski definition) is 2. The maximum absolute atomic E-state index is 5.87. The zero-order chi connectivity index (χ0) is 10.7. The first-order valence-electron chi connectivity index (χ1n) is 6.48. The Morgan fingerprint density at radius 1 is 1.00 bits per heavy atom. The van der Waals surface area contributed by atoms with Crippen molar-refractivity contribution in [2.75, 3.05) is 7.11 Å². The summed E-state index contributed by atoms with van der Waals surface area (Å²) in [5.41, 5.74) is 0. The molecule has 0 spiro atoms. The minimum absolute atomic E-state index is 0.0323. The summed E-state index contributed by atoms with van der Waals surface area (Å²) < 4.78 is 11.0. The Labute approximate surface area is 93.3 Å². The van der Waals surface area contributed by atoms with E-state index in [1.54, 1.807) is 7.11 Å². The molecule has 4 unspecified atom stereocenters. The van der Waals surface area contributed by atoms with E-state index in [9.17, 15) is 0 Å². The standard InChI is InChI=1S/C13H24O2/c1-10(14-2)15-13-8-7-11-5-3-4-6-12(11)9-13/h10-13H,3-9H2,1-2H3. The average molecular weight is 212 g/mol. The number of ether oxygens (including phenoxy) is 2. The van der Waals surface area contributed by atoms with Gasteiger partial charge in [0.1, 0.15) is 0 Å². The van der Waals surface area contributed by atoms with E-state index in [-0.39, 0.29) is 6.29 Å². The van der Waals surface area contributed by atoms with Gasteiger partial charge >= 0.3 is 0 Å². The summed E-state index contributed by atoms with van der Waals surface area (Å²) in [6.07, 6.45) is 10.1. The fourth-order valence-corrected chi connectivity index (χ4v) is 3.28. The molecule has 0 aliphatic heterocycles. The Morgan fingerprint density at radius 3 is 2.47 bits per heavy atom. The Balaban J connectivity index is 1.80. The zero-order valence-corrected chi connectivity index (χ0v) is 10.1. The van der Waals surface area contributed by atoms with Crippen molar-refractivity contribution < 1.29 is 9.47 Å². The van der Waals surface area contributed by atoms with Gasteiger partial charge < -0.3 is 9.47 Å². The van der Waals surface area contributed by atoms with Crippen molar-refractivity contribution in [2.24, 2.45) is 11.8 Å². The molecule has 0 bridgehead atoms. The molecule has 2 saturated carbocycles. The Bertz CT molecular complexity index is 193. The molecule has 2 rings (SSSR count). The SMILES string of the molecule is COC(C)OC1CCC2CCCCC2C1. The van der Waals surface area contributed by atoms with Crippen LogP contribution in [0.1, 0.15) is 51.9 Å². The normalized spacial score (nSPS) is 38.4. The molecule has 2 fully saturated rings. The highest BCUT2D eigenvalue weighted by Crippen LogP contribution is 2.41. The van der Waals surface area contributed by atoms with Crippen LogP contribution in [0.2, 0.25) is 0 Å². The third-order valence-corrected chi connectivity index (χ3v) is 4.21. The van der Waals surface area contributed by atoms with E-state index in [1.165, 1.54) is 44.9 Å². The molecule has 2 aliphatic carbocycles. The van der Waals surface area contributed by atoms with Crippen molar-refractivity contribution in [3.8, 4) is 0 Å². The molecule has 15 heavy (non-hydrogen) atoms. The van der Waals surface area contributed by atoms with E-state index in [4.69, 9.17) is 9.47 Å². The van der Waals surface area contributed by atoms with Crippen LogP contribution in [0.25, 0.3) is 0 Å². The van der Waals surface area contributed by atoms with Crippen LogP contribution in [0.5, 0.6) is 0 Å². The summed E-state index contributed by atoms with van der Waals surface area (Å²) in [5, 5.41) is 0. The van der Waals surface area contributed by atoms with Crippen LogP contribution in [0.4, 0.5) is 0 Å². The van der Waals surface area contributed by atoms with Crippen LogP contribution in [0.15, 0.2) is 0 Å². The average Bonchev–Trinajstić information content (AvgIpc) is 2.29. The van der Waals surface area contributed by atoms with Gasteiger partial charge in [-0.25, -0.2) is 0 Å². The van der Waals surface area contributed by atoms with Gasteiger partial charge in [-0.3, -0.25) is 0 Å². The van der Waals surface area contributed by atoms with Crippen LogP contribution in [0.3, 0.4) is 0 Å². The fourth-order valence-electron chi connectivity index (χ4n) is 3.28. The van der Waals surface area contributed by atoms with E-state index < -0.39 is 0 Å². The molecule has 0 heterocycles. The Kier molecular flexibility index (Phi) is 4.04. The molecule has 0 N–H and O–H groups in total. The molecule has 0 aromatic heterocycles. The summed E-state index contributed by atoms with van der Waals surface area (Å²) in [5.74, 6) is 1.96. The molecule has 0 amide bonds. The van der Waals surface area contributed by atoms with Crippen molar-refractivity contribution in [1.82, 2.24) is 0 Å². The Morgan fingerprint density at radius 2 is 1.73 bits per heavy atom. The monoisotopic (exact) mass is 212 g/mol.